The van der Waals surface area contributed by atoms with E-state index in [1.807, 2.05) is 30.3 Å². The molecule has 3 rings (SSSR count). The third-order valence-electron chi connectivity index (χ3n) is 7.28. The van der Waals surface area contributed by atoms with Crippen molar-refractivity contribution in [1.82, 2.24) is 0 Å². The van der Waals surface area contributed by atoms with E-state index in [2.05, 4.69) is 6.92 Å². The van der Waals surface area contributed by atoms with E-state index in [0.717, 1.165) is 60.1 Å². The largest absolute Gasteiger partial charge is 0.243 e. The summed E-state index contributed by atoms with van der Waals surface area (Å²) in [5.41, 5.74) is -1.44. The Bertz CT molecular complexity index is 533. The molecule has 2 aliphatic carbocycles. The summed E-state index contributed by atoms with van der Waals surface area (Å²) in [5, 5.41) is 0. The fraction of sp³-hybridized carbons (Fsp3) is 0.760. The summed E-state index contributed by atoms with van der Waals surface area (Å²) in [6.45, 7) is 2.28. The quantitative estimate of drug-likeness (QED) is 0.291. The van der Waals surface area contributed by atoms with Gasteiger partial charge in [0.1, 0.15) is 6.17 Å². The second kappa shape index (κ2) is 11.6. The van der Waals surface area contributed by atoms with Crippen LogP contribution in [0.2, 0.25) is 0 Å². The minimum Gasteiger partial charge on any atom is -0.243 e. The number of rotatable bonds is 9. The van der Waals surface area contributed by atoms with Gasteiger partial charge in [0.2, 0.25) is 0 Å². The molecule has 3 heteroatoms. The molecule has 0 aromatic heterocycles. The number of hydrogen-bond acceptors (Lipinski definition) is 1. The lowest BCUT2D eigenvalue weighted by Gasteiger charge is -2.38. The van der Waals surface area contributed by atoms with Gasteiger partial charge >= 0.3 is 0 Å². The monoisotopic (exact) mass is 408 g/mol. The van der Waals surface area contributed by atoms with Crippen LogP contribution >= 0.6 is 11.8 Å². The second-order valence-electron chi connectivity index (χ2n) is 9.18. The molecular formula is C25H38F2S. The van der Waals surface area contributed by atoms with E-state index in [0.29, 0.717) is 0 Å². The maximum atomic E-state index is 14.7. The zero-order valence-corrected chi connectivity index (χ0v) is 18.3. The van der Waals surface area contributed by atoms with Crippen molar-refractivity contribution in [3.63, 3.8) is 0 Å². The summed E-state index contributed by atoms with van der Waals surface area (Å²) < 4.78 is 29.2. The number of thioether (sulfide) groups is 1. The van der Waals surface area contributed by atoms with E-state index in [4.69, 9.17) is 0 Å². The van der Waals surface area contributed by atoms with Gasteiger partial charge in [-0.15, -0.1) is 0 Å². The summed E-state index contributed by atoms with van der Waals surface area (Å²) in [5.74, 6) is 2.48. The molecule has 158 valence electrons. The smallest absolute Gasteiger partial charge is 0.181 e. The van der Waals surface area contributed by atoms with Gasteiger partial charge < -0.3 is 0 Å². The van der Waals surface area contributed by atoms with Crippen LogP contribution in [0.3, 0.4) is 0 Å². The Morgan fingerprint density at radius 2 is 1.46 bits per heavy atom. The second-order valence-corrected chi connectivity index (χ2v) is 10.3. The Morgan fingerprint density at radius 1 is 0.857 bits per heavy atom. The van der Waals surface area contributed by atoms with Crippen LogP contribution in [0.1, 0.15) is 84.0 Å². The van der Waals surface area contributed by atoms with Gasteiger partial charge in [-0.05, 0) is 74.3 Å². The fourth-order valence-electron chi connectivity index (χ4n) is 5.47. The number of hydrogen-bond donors (Lipinski definition) is 0. The SMILES string of the molecule is CCCCCC1CCC(C2CCC(C(F)C(F)Sc3ccccc3)CC2)CC1. The zero-order valence-electron chi connectivity index (χ0n) is 17.5. The highest BCUT2D eigenvalue weighted by Gasteiger charge is 2.36. The molecule has 28 heavy (non-hydrogen) atoms. The van der Waals surface area contributed by atoms with E-state index in [1.54, 1.807) is 0 Å². The van der Waals surface area contributed by atoms with Crippen molar-refractivity contribution < 1.29 is 8.78 Å². The van der Waals surface area contributed by atoms with Crippen LogP contribution in [0.5, 0.6) is 0 Å². The molecule has 0 aliphatic heterocycles. The van der Waals surface area contributed by atoms with E-state index in [1.165, 1.54) is 51.4 Å². The molecular weight excluding hydrogens is 370 g/mol. The van der Waals surface area contributed by atoms with E-state index >= 15 is 0 Å². The van der Waals surface area contributed by atoms with Gasteiger partial charge in [0.05, 0.1) is 0 Å². The highest BCUT2D eigenvalue weighted by Crippen LogP contribution is 2.44. The zero-order chi connectivity index (χ0) is 19.8. The van der Waals surface area contributed by atoms with Crippen molar-refractivity contribution in [2.24, 2.45) is 23.7 Å². The summed E-state index contributed by atoms with van der Waals surface area (Å²) in [6, 6.07) is 9.39. The average molecular weight is 409 g/mol. The third-order valence-corrected chi connectivity index (χ3v) is 8.31. The molecule has 2 atom stereocenters. The lowest BCUT2D eigenvalue weighted by molar-refractivity contribution is 0.0869. The molecule has 0 heterocycles. The molecule has 2 fully saturated rings. The third kappa shape index (κ3) is 6.47. The van der Waals surface area contributed by atoms with Gasteiger partial charge in [-0.3, -0.25) is 0 Å². The first-order valence-corrected chi connectivity index (χ1v) is 12.5. The van der Waals surface area contributed by atoms with Crippen LogP contribution in [-0.2, 0) is 0 Å². The Morgan fingerprint density at radius 3 is 2.07 bits per heavy atom. The number of halogens is 2. The van der Waals surface area contributed by atoms with Gasteiger partial charge in [0, 0.05) is 4.90 Å². The summed E-state index contributed by atoms with van der Waals surface area (Å²) in [7, 11) is 0. The molecule has 2 aliphatic rings. The van der Waals surface area contributed by atoms with Crippen molar-refractivity contribution in [1.29, 1.82) is 0 Å². The van der Waals surface area contributed by atoms with Gasteiger partial charge in [0.25, 0.3) is 0 Å². The van der Waals surface area contributed by atoms with E-state index in [-0.39, 0.29) is 5.92 Å². The molecule has 0 saturated heterocycles. The standard InChI is InChI=1S/C25H38F2S/c1-2-3-5-8-19-11-13-20(14-12-19)21-15-17-22(18-16-21)24(26)25(27)28-23-9-6-4-7-10-23/h4,6-7,9-10,19-22,24-25H,2-3,5,8,11-18H2,1H3. The van der Waals surface area contributed by atoms with Crippen molar-refractivity contribution in [2.75, 3.05) is 0 Å². The van der Waals surface area contributed by atoms with Crippen molar-refractivity contribution in [3.8, 4) is 0 Å². The molecule has 0 bridgehead atoms. The van der Waals surface area contributed by atoms with Crippen LogP contribution in [0.4, 0.5) is 8.78 Å². The van der Waals surface area contributed by atoms with Gasteiger partial charge in [-0.1, -0.05) is 75.4 Å². The topological polar surface area (TPSA) is 0 Å². The van der Waals surface area contributed by atoms with Gasteiger partial charge in [-0.2, -0.15) is 0 Å². The number of unbranched alkanes of at least 4 members (excludes halogenated alkanes) is 2. The van der Waals surface area contributed by atoms with Crippen molar-refractivity contribution >= 4 is 11.8 Å². The summed E-state index contributed by atoms with van der Waals surface area (Å²) in [4.78, 5) is 0.821. The molecule has 1 aromatic rings. The lowest BCUT2D eigenvalue weighted by Crippen LogP contribution is -2.31. The Kier molecular flexibility index (Phi) is 9.14. The molecule has 0 nitrogen and oxygen atoms in total. The summed E-state index contributed by atoms with van der Waals surface area (Å²) in [6.07, 6.45) is 13.7. The molecule has 2 unspecified atom stereocenters. The minimum atomic E-state index is -1.44. The predicted molar refractivity (Wildman–Crippen MR) is 117 cm³/mol. The Balaban J connectivity index is 1.37. The Hall–Kier alpha value is -0.570. The van der Waals surface area contributed by atoms with Gasteiger partial charge in [0.15, 0.2) is 5.50 Å². The lowest BCUT2D eigenvalue weighted by atomic mass is 9.68. The fourth-order valence-corrected chi connectivity index (χ4v) is 6.40. The first kappa shape index (κ1) is 22.1. The molecule has 2 saturated carbocycles. The van der Waals surface area contributed by atoms with Crippen molar-refractivity contribution in [3.05, 3.63) is 30.3 Å². The number of alkyl halides is 2. The molecule has 1 aromatic carbocycles. The van der Waals surface area contributed by atoms with Gasteiger partial charge in [-0.25, -0.2) is 8.78 Å². The molecule has 0 N–H and O–H groups in total. The maximum Gasteiger partial charge on any atom is 0.181 e. The van der Waals surface area contributed by atoms with E-state index in [9.17, 15) is 8.78 Å². The summed E-state index contributed by atoms with van der Waals surface area (Å²) >= 11 is 1.04. The van der Waals surface area contributed by atoms with Crippen LogP contribution in [-0.4, -0.2) is 11.7 Å². The minimum absolute atomic E-state index is 0.0900. The van der Waals surface area contributed by atoms with Crippen LogP contribution in [0.15, 0.2) is 35.2 Å². The molecule has 0 spiro atoms. The first-order valence-electron chi connectivity index (χ1n) is 11.7. The van der Waals surface area contributed by atoms with Crippen molar-refractivity contribution in [2.45, 2.75) is 101 Å². The normalized spacial score (nSPS) is 30.7. The number of benzene rings is 1. The highest BCUT2D eigenvalue weighted by atomic mass is 32.2. The molecule has 0 amide bonds. The van der Waals surface area contributed by atoms with E-state index < -0.39 is 11.7 Å². The molecule has 0 radical (unpaired) electrons. The maximum absolute atomic E-state index is 14.7. The average Bonchev–Trinajstić information content (AvgIpc) is 2.75. The van der Waals surface area contributed by atoms with Crippen LogP contribution in [0.25, 0.3) is 0 Å². The van der Waals surface area contributed by atoms with Crippen LogP contribution < -0.4 is 0 Å². The Labute approximate surface area is 175 Å². The first-order chi connectivity index (χ1) is 13.7. The highest BCUT2D eigenvalue weighted by molar-refractivity contribution is 7.99. The predicted octanol–water partition coefficient (Wildman–Crippen LogP) is 8.61. The van der Waals surface area contributed by atoms with Crippen LogP contribution in [0, 0.1) is 23.7 Å².